The topological polar surface area (TPSA) is 49.4 Å². The summed E-state index contributed by atoms with van der Waals surface area (Å²) in [6.45, 7) is 6.24. The van der Waals surface area contributed by atoms with Gasteiger partial charge in [-0.2, -0.15) is 12.6 Å². The normalized spacial score (nSPS) is 19.3. The third-order valence-electron chi connectivity index (χ3n) is 3.22. The average Bonchev–Trinajstić information content (AvgIpc) is 2.68. The molecule has 1 fully saturated rings. The van der Waals surface area contributed by atoms with E-state index in [1.54, 1.807) is 4.90 Å². The summed E-state index contributed by atoms with van der Waals surface area (Å²) in [5, 5.41) is 2.96. The van der Waals surface area contributed by atoms with Crippen LogP contribution in [0.2, 0.25) is 0 Å². The molecule has 1 heterocycles. The zero-order valence-corrected chi connectivity index (χ0v) is 12.9. The van der Waals surface area contributed by atoms with Crippen LogP contribution in [0.1, 0.15) is 27.2 Å². The zero-order valence-electron chi connectivity index (χ0n) is 12.0. The molecule has 0 radical (unpaired) electrons. The van der Waals surface area contributed by atoms with Gasteiger partial charge in [-0.05, 0) is 24.3 Å². The van der Waals surface area contributed by atoms with Crippen molar-refractivity contribution in [2.24, 2.45) is 5.41 Å². The van der Waals surface area contributed by atoms with E-state index in [2.05, 4.69) is 17.9 Å². The minimum absolute atomic E-state index is 0.0297. The molecule has 5 heteroatoms. The lowest BCUT2D eigenvalue weighted by atomic mass is 9.95. The maximum absolute atomic E-state index is 11.9. The molecule has 20 heavy (non-hydrogen) atoms. The highest BCUT2D eigenvalue weighted by atomic mass is 32.1. The number of carbonyl (C=O) groups excluding carboxylic acids is 2. The van der Waals surface area contributed by atoms with Crippen molar-refractivity contribution in [1.29, 1.82) is 0 Å². The lowest BCUT2D eigenvalue weighted by molar-refractivity contribution is -0.123. The standard InChI is InChI=1S/C15H20N2O2S/c1-15(2,3)14(19)16-10-4-6-11(7-5-10)17-9-12(20)8-13(17)18/h4-7,12,20H,8-9H2,1-3H3,(H,16,19). The van der Waals surface area contributed by atoms with E-state index in [9.17, 15) is 9.59 Å². The highest BCUT2D eigenvalue weighted by molar-refractivity contribution is 7.81. The smallest absolute Gasteiger partial charge is 0.229 e. The molecule has 0 aliphatic carbocycles. The number of hydrogen-bond acceptors (Lipinski definition) is 3. The van der Waals surface area contributed by atoms with Gasteiger partial charge in [0.25, 0.3) is 0 Å². The first-order chi connectivity index (χ1) is 9.27. The fourth-order valence-electron chi connectivity index (χ4n) is 1.98. The minimum atomic E-state index is -0.428. The van der Waals surface area contributed by atoms with Crippen molar-refractivity contribution < 1.29 is 9.59 Å². The number of nitrogens with one attached hydrogen (secondary N) is 1. The number of carbonyl (C=O) groups is 2. The second kappa shape index (κ2) is 5.48. The third kappa shape index (κ3) is 3.33. The Morgan fingerprint density at radius 2 is 1.90 bits per heavy atom. The van der Waals surface area contributed by atoms with Crippen molar-refractivity contribution in [3.63, 3.8) is 0 Å². The van der Waals surface area contributed by atoms with Gasteiger partial charge in [-0.25, -0.2) is 0 Å². The molecule has 1 unspecified atom stereocenters. The predicted octanol–water partition coefficient (Wildman–Crippen LogP) is 2.71. The van der Waals surface area contributed by atoms with Crippen LogP contribution in [0.25, 0.3) is 0 Å². The molecule has 1 aromatic rings. The van der Waals surface area contributed by atoms with E-state index in [-0.39, 0.29) is 17.1 Å². The Balaban J connectivity index is 2.07. The second-order valence-electron chi connectivity index (χ2n) is 6.11. The van der Waals surface area contributed by atoms with Gasteiger partial charge in [-0.3, -0.25) is 9.59 Å². The van der Waals surface area contributed by atoms with E-state index in [4.69, 9.17) is 0 Å². The fourth-order valence-corrected chi connectivity index (χ4v) is 2.30. The summed E-state index contributed by atoms with van der Waals surface area (Å²) < 4.78 is 0. The summed E-state index contributed by atoms with van der Waals surface area (Å²) in [5.74, 6) is 0.0643. The van der Waals surface area contributed by atoms with Crippen molar-refractivity contribution in [2.75, 3.05) is 16.8 Å². The van der Waals surface area contributed by atoms with Gasteiger partial charge in [-0.1, -0.05) is 20.8 Å². The molecular weight excluding hydrogens is 272 g/mol. The van der Waals surface area contributed by atoms with Crippen LogP contribution in [0, 0.1) is 5.41 Å². The van der Waals surface area contributed by atoms with Crippen molar-refractivity contribution in [1.82, 2.24) is 0 Å². The number of hydrogen-bond donors (Lipinski definition) is 2. The molecule has 4 nitrogen and oxygen atoms in total. The first-order valence-corrected chi connectivity index (χ1v) is 7.19. The van der Waals surface area contributed by atoms with E-state index < -0.39 is 5.41 Å². The fraction of sp³-hybridized carbons (Fsp3) is 0.467. The summed E-state index contributed by atoms with van der Waals surface area (Å²) >= 11 is 4.34. The van der Waals surface area contributed by atoms with Crippen LogP contribution in [-0.4, -0.2) is 23.6 Å². The molecule has 0 spiro atoms. The van der Waals surface area contributed by atoms with E-state index in [0.29, 0.717) is 13.0 Å². The molecule has 1 saturated heterocycles. The van der Waals surface area contributed by atoms with Crippen molar-refractivity contribution in [3.05, 3.63) is 24.3 Å². The van der Waals surface area contributed by atoms with Gasteiger partial charge >= 0.3 is 0 Å². The van der Waals surface area contributed by atoms with Crippen LogP contribution in [0.5, 0.6) is 0 Å². The van der Waals surface area contributed by atoms with Crippen molar-refractivity contribution in [2.45, 2.75) is 32.4 Å². The summed E-state index contributed by atoms with van der Waals surface area (Å²) in [7, 11) is 0. The van der Waals surface area contributed by atoms with Gasteiger partial charge in [-0.15, -0.1) is 0 Å². The summed E-state index contributed by atoms with van der Waals surface area (Å²) in [6, 6.07) is 7.33. The number of rotatable bonds is 2. The number of thiol groups is 1. The summed E-state index contributed by atoms with van der Waals surface area (Å²) in [5.41, 5.74) is 1.16. The third-order valence-corrected chi connectivity index (χ3v) is 3.57. The number of amides is 2. The quantitative estimate of drug-likeness (QED) is 0.823. The Hall–Kier alpha value is -1.49. The van der Waals surface area contributed by atoms with Gasteiger partial charge in [0.05, 0.1) is 0 Å². The molecule has 1 aliphatic heterocycles. The molecule has 0 saturated carbocycles. The highest BCUT2D eigenvalue weighted by Crippen LogP contribution is 2.26. The Bertz CT molecular complexity index is 520. The Labute approximate surface area is 124 Å². The molecule has 1 atom stereocenters. The average molecular weight is 292 g/mol. The maximum Gasteiger partial charge on any atom is 0.229 e. The Morgan fingerprint density at radius 3 is 2.35 bits per heavy atom. The molecule has 108 valence electrons. The predicted molar refractivity (Wildman–Crippen MR) is 84.3 cm³/mol. The van der Waals surface area contributed by atoms with Crippen LogP contribution in [0.15, 0.2) is 24.3 Å². The first kappa shape index (κ1) is 14.9. The van der Waals surface area contributed by atoms with Crippen LogP contribution >= 0.6 is 12.6 Å². The minimum Gasteiger partial charge on any atom is -0.326 e. The molecule has 1 N–H and O–H groups in total. The van der Waals surface area contributed by atoms with Crippen LogP contribution in [0.3, 0.4) is 0 Å². The lowest BCUT2D eigenvalue weighted by Gasteiger charge is -2.19. The van der Waals surface area contributed by atoms with Crippen molar-refractivity contribution >= 4 is 35.8 Å². The van der Waals surface area contributed by atoms with Gasteiger partial charge in [0.2, 0.25) is 11.8 Å². The largest absolute Gasteiger partial charge is 0.326 e. The number of nitrogens with zero attached hydrogens (tertiary/aromatic N) is 1. The number of anilines is 2. The van der Waals surface area contributed by atoms with Crippen molar-refractivity contribution in [3.8, 4) is 0 Å². The Morgan fingerprint density at radius 1 is 1.30 bits per heavy atom. The Kier molecular flexibility index (Phi) is 4.09. The highest BCUT2D eigenvalue weighted by Gasteiger charge is 2.28. The van der Waals surface area contributed by atoms with Crippen LogP contribution < -0.4 is 10.2 Å². The van der Waals surface area contributed by atoms with Gasteiger partial charge in [0.15, 0.2) is 0 Å². The van der Waals surface area contributed by atoms with Crippen LogP contribution in [0.4, 0.5) is 11.4 Å². The molecule has 1 aliphatic rings. The molecule has 0 bridgehead atoms. The van der Waals surface area contributed by atoms with E-state index in [1.165, 1.54) is 0 Å². The molecule has 0 aromatic heterocycles. The SMILES string of the molecule is CC(C)(C)C(=O)Nc1ccc(N2CC(S)CC2=O)cc1. The van der Waals surface area contributed by atoms with E-state index in [0.717, 1.165) is 11.4 Å². The molecular formula is C15H20N2O2S. The molecule has 2 amide bonds. The first-order valence-electron chi connectivity index (χ1n) is 6.67. The van der Waals surface area contributed by atoms with E-state index in [1.807, 2.05) is 45.0 Å². The summed E-state index contributed by atoms with van der Waals surface area (Å²) in [4.78, 5) is 25.4. The van der Waals surface area contributed by atoms with Gasteiger partial charge < -0.3 is 10.2 Å². The van der Waals surface area contributed by atoms with Crippen LogP contribution in [-0.2, 0) is 9.59 Å². The molecule has 2 rings (SSSR count). The maximum atomic E-state index is 11.9. The van der Waals surface area contributed by atoms with Gasteiger partial charge in [0.1, 0.15) is 0 Å². The number of benzene rings is 1. The van der Waals surface area contributed by atoms with E-state index >= 15 is 0 Å². The zero-order chi connectivity index (χ0) is 14.9. The second-order valence-corrected chi connectivity index (χ2v) is 6.84. The lowest BCUT2D eigenvalue weighted by Crippen LogP contribution is -2.27. The monoisotopic (exact) mass is 292 g/mol. The summed E-state index contributed by atoms with van der Waals surface area (Å²) in [6.07, 6.45) is 0.478. The van der Waals surface area contributed by atoms with Gasteiger partial charge in [0, 0.05) is 35.0 Å². The molecule has 1 aromatic carbocycles.